The highest BCUT2D eigenvalue weighted by Crippen LogP contribution is 2.25. The van der Waals surface area contributed by atoms with E-state index >= 15 is 0 Å². The lowest BCUT2D eigenvalue weighted by Gasteiger charge is -2.14. The predicted molar refractivity (Wildman–Crippen MR) is 121 cm³/mol. The Morgan fingerprint density at radius 2 is 1.70 bits per heavy atom. The summed E-state index contributed by atoms with van der Waals surface area (Å²) in [5, 5.41) is 12.5. The number of halogens is 1. The lowest BCUT2D eigenvalue weighted by molar-refractivity contribution is -0.115. The van der Waals surface area contributed by atoms with Gasteiger partial charge in [-0.25, -0.2) is 4.79 Å². The maximum absolute atomic E-state index is 12.8. The van der Waals surface area contributed by atoms with Crippen LogP contribution < -0.4 is 5.32 Å². The highest BCUT2D eigenvalue weighted by Gasteiger charge is 2.15. The van der Waals surface area contributed by atoms with E-state index in [1.54, 1.807) is 0 Å². The van der Waals surface area contributed by atoms with E-state index in [-0.39, 0.29) is 23.6 Å². The third-order valence-electron chi connectivity index (χ3n) is 4.95. The Morgan fingerprint density at radius 1 is 0.933 bits per heavy atom. The highest BCUT2D eigenvalue weighted by molar-refractivity contribution is 6.31. The summed E-state index contributed by atoms with van der Waals surface area (Å²) in [5.41, 5.74) is 4.43. The van der Waals surface area contributed by atoms with Crippen molar-refractivity contribution in [2.45, 2.75) is 32.6 Å². The molecule has 0 saturated carbocycles. The molecule has 0 heterocycles. The molecule has 154 valence electrons. The molecule has 0 bridgehead atoms. The van der Waals surface area contributed by atoms with Crippen LogP contribution in [0.1, 0.15) is 41.3 Å². The monoisotopic (exact) mass is 421 g/mol. The van der Waals surface area contributed by atoms with Gasteiger partial charge in [-0.2, -0.15) is 0 Å². The van der Waals surface area contributed by atoms with Crippen LogP contribution in [0.4, 0.5) is 5.69 Å². The predicted octanol–water partition coefficient (Wildman–Crippen LogP) is 6.23. The van der Waals surface area contributed by atoms with E-state index in [2.05, 4.69) is 30.4 Å². The third-order valence-corrected chi connectivity index (χ3v) is 5.19. The van der Waals surface area contributed by atoms with Crippen LogP contribution in [0.15, 0.2) is 66.7 Å². The number of aromatic carboxylic acids is 1. The largest absolute Gasteiger partial charge is 0.478 e. The van der Waals surface area contributed by atoms with Crippen molar-refractivity contribution in [1.82, 2.24) is 0 Å². The number of nitrogens with one attached hydrogen (secondary N) is 1. The topological polar surface area (TPSA) is 66.4 Å². The van der Waals surface area contributed by atoms with Crippen LogP contribution in [-0.4, -0.2) is 17.0 Å². The zero-order chi connectivity index (χ0) is 21.5. The number of carbonyl (C=O) groups is 2. The first-order valence-corrected chi connectivity index (χ1v) is 10.4. The van der Waals surface area contributed by atoms with Gasteiger partial charge < -0.3 is 10.4 Å². The Morgan fingerprint density at radius 3 is 2.40 bits per heavy atom. The molecule has 0 aliphatic carbocycles. The fourth-order valence-electron chi connectivity index (χ4n) is 3.39. The van der Waals surface area contributed by atoms with E-state index in [0.717, 1.165) is 41.5 Å². The summed E-state index contributed by atoms with van der Waals surface area (Å²) in [5.74, 6) is -1.39. The van der Waals surface area contributed by atoms with Gasteiger partial charge in [-0.1, -0.05) is 73.5 Å². The standard InChI is InChI=1S/C25H24ClNO3/c1-2-3-7-18-10-11-19(17-8-5-4-6-9-17)14-20(18)15-24(28)27-23-16-21(26)12-13-22(23)25(29)30/h4-6,8-14,16H,2-3,7,15H2,1H3,(H,27,28)(H,29,30). The van der Waals surface area contributed by atoms with Crippen molar-refractivity contribution in [2.75, 3.05) is 5.32 Å². The number of carboxylic acids is 1. The van der Waals surface area contributed by atoms with E-state index in [1.807, 2.05) is 30.3 Å². The lowest BCUT2D eigenvalue weighted by Crippen LogP contribution is -2.17. The quantitative estimate of drug-likeness (QED) is 0.453. The number of carbonyl (C=O) groups excluding carboxylic acids is 1. The molecule has 0 aliphatic rings. The number of aryl methyl sites for hydroxylation is 1. The zero-order valence-corrected chi connectivity index (χ0v) is 17.6. The van der Waals surface area contributed by atoms with E-state index in [4.69, 9.17) is 11.6 Å². The number of unbranched alkanes of at least 4 members (excludes halogenated alkanes) is 1. The maximum atomic E-state index is 12.8. The second kappa shape index (κ2) is 10.1. The van der Waals surface area contributed by atoms with Gasteiger partial charge in [0.1, 0.15) is 0 Å². The molecule has 3 rings (SSSR count). The maximum Gasteiger partial charge on any atom is 0.337 e. The van der Waals surface area contributed by atoms with Crippen molar-refractivity contribution < 1.29 is 14.7 Å². The number of hydrogen-bond donors (Lipinski definition) is 2. The summed E-state index contributed by atoms with van der Waals surface area (Å²) < 4.78 is 0. The van der Waals surface area contributed by atoms with Gasteiger partial charge in [0, 0.05) is 5.02 Å². The number of anilines is 1. The van der Waals surface area contributed by atoms with Crippen molar-refractivity contribution in [2.24, 2.45) is 0 Å². The van der Waals surface area contributed by atoms with Gasteiger partial charge >= 0.3 is 5.97 Å². The number of rotatable bonds is 8. The van der Waals surface area contributed by atoms with Crippen LogP contribution in [-0.2, 0) is 17.6 Å². The minimum atomic E-state index is -1.11. The van der Waals surface area contributed by atoms with Gasteiger partial charge in [0.05, 0.1) is 17.7 Å². The van der Waals surface area contributed by atoms with E-state index < -0.39 is 5.97 Å². The molecule has 0 fully saturated rings. The summed E-state index contributed by atoms with van der Waals surface area (Å²) in [6.07, 6.45) is 3.16. The van der Waals surface area contributed by atoms with Gasteiger partial charge in [0.25, 0.3) is 0 Å². The highest BCUT2D eigenvalue weighted by atomic mass is 35.5. The van der Waals surface area contributed by atoms with Crippen LogP contribution in [0.25, 0.3) is 11.1 Å². The fraction of sp³-hybridized carbons (Fsp3) is 0.200. The summed E-state index contributed by atoms with van der Waals surface area (Å²) in [7, 11) is 0. The number of hydrogen-bond acceptors (Lipinski definition) is 2. The van der Waals surface area contributed by atoms with Gasteiger partial charge in [0.15, 0.2) is 0 Å². The molecule has 5 heteroatoms. The molecule has 0 unspecified atom stereocenters. The van der Waals surface area contributed by atoms with Crippen LogP contribution in [0.5, 0.6) is 0 Å². The first kappa shape index (κ1) is 21.6. The lowest BCUT2D eigenvalue weighted by atomic mass is 9.94. The molecular formula is C25H24ClNO3. The molecule has 0 radical (unpaired) electrons. The van der Waals surface area contributed by atoms with Crippen molar-refractivity contribution >= 4 is 29.2 Å². The van der Waals surface area contributed by atoms with E-state index in [1.165, 1.54) is 18.2 Å². The summed E-state index contributed by atoms with van der Waals surface area (Å²) >= 11 is 5.99. The van der Waals surface area contributed by atoms with Crippen LogP contribution in [0, 0.1) is 0 Å². The molecule has 0 aliphatic heterocycles. The van der Waals surface area contributed by atoms with Gasteiger partial charge in [-0.05, 0) is 53.3 Å². The van der Waals surface area contributed by atoms with E-state index in [0.29, 0.717) is 5.02 Å². The fourth-order valence-corrected chi connectivity index (χ4v) is 3.56. The molecule has 0 saturated heterocycles. The van der Waals surface area contributed by atoms with Crippen molar-refractivity contribution in [3.05, 3.63) is 88.4 Å². The number of amides is 1. The average Bonchev–Trinajstić information content (AvgIpc) is 2.73. The second-order valence-electron chi connectivity index (χ2n) is 7.17. The van der Waals surface area contributed by atoms with Crippen molar-refractivity contribution in [1.29, 1.82) is 0 Å². The SMILES string of the molecule is CCCCc1ccc(-c2ccccc2)cc1CC(=O)Nc1cc(Cl)ccc1C(=O)O. The van der Waals surface area contributed by atoms with Crippen molar-refractivity contribution in [3.8, 4) is 11.1 Å². The molecule has 2 N–H and O–H groups in total. The zero-order valence-electron chi connectivity index (χ0n) is 16.8. The molecule has 1 amide bonds. The molecule has 0 spiro atoms. The number of carboxylic acid groups (broad SMARTS) is 1. The minimum Gasteiger partial charge on any atom is -0.478 e. The summed E-state index contributed by atoms with van der Waals surface area (Å²) in [6.45, 7) is 2.14. The van der Waals surface area contributed by atoms with E-state index in [9.17, 15) is 14.7 Å². The summed E-state index contributed by atoms with van der Waals surface area (Å²) in [4.78, 5) is 24.2. The Kier molecular flexibility index (Phi) is 7.26. The summed E-state index contributed by atoms with van der Waals surface area (Å²) in [6, 6.07) is 20.6. The molecule has 0 atom stereocenters. The molecule has 30 heavy (non-hydrogen) atoms. The Hall–Kier alpha value is -3.11. The average molecular weight is 422 g/mol. The van der Waals surface area contributed by atoms with Gasteiger partial charge in [-0.15, -0.1) is 0 Å². The number of benzene rings is 3. The molecule has 4 nitrogen and oxygen atoms in total. The van der Waals surface area contributed by atoms with Crippen LogP contribution >= 0.6 is 11.6 Å². The van der Waals surface area contributed by atoms with Crippen LogP contribution in [0.2, 0.25) is 5.02 Å². The minimum absolute atomic E-state index is 0.0111. The third kappa shape index (κ3) is 5.49. The molecule has 0 aromatic heterocycles. The Bertz CT molecular complexity index is 1050. The van der Waals surface area contributed by atoms with Gasteiger partial charge in [-0.3, -0.25) is 4.79 Å². The van der Waals surface area contributed by atoms with Gasteiger partial charge in [0.2, 0.25) is 5.91 Å². The van der Waals surface area contributed by atoms with Crippen molar-refractivity contribution in [3.63, 3.8) is 0 Å². The first-order chi connectivity index (χ1) is 14.5. The Balaban J connectivity index is 1.87. The normalized spacial score (nSPS) is 10.6. The van der Waals surface area contributed by atoms with Crippen LogP contribution in [0.3, 0.4) is 0 Å². The molecule has 3 aromatic carbocycles. The molecular weight excluding hydrogens is 398 g/mol. The second-order valence-corrected chi connectivity index (χ2v) is 7.61. The Labute approximate surface area is 181 Å². The molecule has 3 aromatic rings. The smallest absolute Gasteiger partial charge is 0.337 e. The first-order valence-electron chi connectivity index (χ1n) is 9.98.